The van der Waals surface area contributed by atoms with Crippen molar-refractivity contribution in [3.8, 4) is 16.1 Å². The molecule has 2 aromatic carbocycles. The van der Waals surface area contributed by atoms with Crippen molar-refractivity contribution < 1.29 is 19.1 Å². The van der Waals surface area contributed by atoms with Crippen LogP contribution in [0.5, 0.6) is 0 Å². The molecule has 0 bridgehead atoms. The first-order valence-corrected chi connectivity index (χ1v) is 15.2. The number of amides is 1. The molecule has 0 spiro atoms. The standard InChI is InChI=1S/C33H33N5O4S/c1-18-19(2)43-33-29(18)30(35-27(15-28(40)42-4)31-37-36-20(3)38(31)33)25-9-5-23(6-10-25)24-7-11-26(12-8-24)32(41)34-16-21-13-22(14-21)17-39/h5-12,17,21-22,27H,13-16H2,1-4H3,(H,34,41)/t21?,22?,27-/m0/s1. The van der Waals surface area contributed by atoms with Crippen molar-refractivity contribution >= 4 is 35.2 Å². The average Bonchev–Trinajstić information content (AvgIpc) is 3.48. The highest BCUT2D eigenvalue weighted by Crippen LogP contribution is 2.40. The van der Waals surface area contributed by atoms with E-state index in [0.29, 0.717) is 23.9 Å². The maximum absolute atomic E-state index is 12.6. The maximum Gasteiger partial charge on any atom is 0.308 e. The Kier molecular flexibility index (Phi) is 7.79. The molecule has 1 fully saturated rings. The predicted octanol–water partition coefficient (Wildman–Crippen LogP) is 5.33. The Bertz CT molecular complexity index is 1730. The summed E-state index contributed by atoms with van der Waals surface area (Å²) in [5.74, 6) is 1.43. The zero-order valence-corrected chi connectivity index (χ0v) is 25.4. The van der Waals surface area contributed by atoms with Crippen LogP contribution in [0.3, 0.4) is 0 Å². The first-order chi connectivity index (χ1) is 20.8. The van der Waals surface area contributed by atoms with E-state index in [9.17, 15) is 14.4 Å². The summed E-state index contributed by atoms with van der Waals surface area (Å²) in [4.78, 5) is 42.1. The summed E-state index contributed by atoms with van der Waals surface area (Å²) in [5.41, 5.74) is 6.50. The van der Waals surface area contributed by atoms with Crippen molar-refractivity contribution in [1.82, 2.24) is 20.1 Å². The number of aromatic nitrogens is 3. The molecule has 10 heteroatoms. The number of carbonyl (C=O) groups excluding carboxylic acids is 3. The molecule has 43 heavy (non-hydrogen) atoms. The molecule has 6 rings (SSSR count). The molecule has 2 aromatic heterocycles. The number of aryl methyl sites for hydroxylation is 2. The molecule has 1 aliphatic heterocycles. The van der Waals surface area contributed by atoms with Gasteiger partial charge in [0.1, 0.15) is 23.2 Å². The first kappa shape index (κ1) is 28.7. The fraction of sp³-hybridized carbons (Fsp3) is 0.333. The third-order valence-corrected chi connectivity index (χ3v) is 9.67. The van der Waals surface area contributed by atoms with Gasteiger partial charge in [0.25, 0.3) is 5.91 Å². The number of hydrogen-bond donors (Lipinski definition) is 1. The van der Waals surface area contributed by atoms with Gasteiger partial charge in [-0.3, -0.25) is 19.1 Å². The topological polar surface area (TPSA) is 116 Å². The van der Waals surface area contributed by atoms with Crippen LogP contribution in [0, 0.1) is 32.6 Å². The molecule has 2 aliphatic rings. The number of ether oxygens (including phenoxy) is 1. The number of rotatable bonds is 8. The van der Waals surface area contributed by atoms with Crippen molar-refractivity contribution in [1.29, 1.82) is 0 Å². The smallest absolute Gasteiger partial charge is 0.308 e. The van der Waals surface area contributed by atoms with Crippen LogP contribution in [0.4, 0.5) is 0 Å². The third-order valence-electron chi connectivity index (χ3n) is 8.48. The third kappa shape index (κ3) is 5.43. The number of nitrogens with one attached hydrogen (secondary N) is 1. The van der Waals surface area contributed by atoms with E-state index in [1.54, 1.807) is 11.3 Å². The summed E-state index contributed by atoms with van der Waals surface area (Å²) in [6.45, 7) is 6.70. The minimum atomic E-state index is -0.544. The van der Waals surface area contributed by atoms with Gasteiger partial charge in [-0.15, -0.1) is 21.5 Å². The lowest BCUT2D eigenvalue weighted by Crippen LogP contribution is -2.36. The van der Waals surface area contributed by atoms with Crippen LogP contribution in [0.25, 0.3) is 16.1 Å². The average molecular weight is 596 g/mol. The van der Waals surface area contributed by atoms with Gasteiger partial charge in [-0.2, -0.15) is 0 Å². The summed E-state index contributed by atoms with van der Waals surface area (Å²) in [6, 6.07) is 15.2. The van der Waals surface area contributed by atoms with Gasteiger partial charge >= 0.3 is 5.97 Å². The van der Waals surface area contributed by atoms with E-state index < -0.39 is 6.04 Å². The Morgan fingerprint density at radius 2 is 1.65 bits per heavy atom. The van der Waals surface area contributed by atoms with E-state index in [1.165, 1.54) is 12.0 Å². The van der Waals surface area contributed by atoms with Gasteiger partial charge in [0.05, 0.1) is 19.2 Å². The van der Waals surface area contributed by atoms with Crippen LogP contribution in [-0.4, -0.2) is 52.3 Å². The number of hydrogen-bond acceptors (Lipinski definition) is 8. The van der Waals surface area contributed by atoms with Crippen LogP contribution >= 0.6 is 11.3 Å². The molecule has 9 nitrogen and oxygen atoms in total. The zero-order chi connectivity index (χ0) is 30.2. The Hall–Kier alpha value is -4.44. The fourth-order valence-electron chi connectivity index (χ4n) is 5.80. The van der Waals surface area contributed by atoms with Gasteiger partial charge in [-0.05, 0) is 68.4 Å². The second-order valence-electron chi connectivity index (χ2n) is 11.3. The van der Waals surface area contributed by atoms with Gasteiger partial charge in [0, 0.05) is 34.0 Å². The first-order valence-electron chi connectivity index (χ1n) is 14.4. The molecule has 220 valence electrons. The molecule has 1 atom stereocenters. The molecule has 1 aliphatic carbocycles. The number of thiophene rings is 1. The fourth-order valence-corrected chi connectivity index (χ4v) is 7.02. The summed E-state index contributed by atoms with van der Waals surface area (Å²) in [6.07, 6.45) is 2.77. The van der Waals surface area contributed by atoms with E-state index in [1.807, 2.05) is 60.0 Å². The SMILES string of the molecule is COC(=O)C[C@@H]1N=C(c2ccc(-c3ccc(C(=O)NCC4CC(C=O)C4)cc3)cc2)c2c(sc(C)c2C)-n2c(C)nnc21. The number of fused-ring (bicyclic) bond motifs is 3. The molecule has 3 heterocycles. The highest BCUT2D eigenvalue weighted by molar-refractivity contribution is 7.15. The highest BCUT2D eigenvalue weighted by Gasteiger charge is 2.33. The minimum Gasteiger partial charge on any atom is -0.469 e. The van der Waals surface area contributed by atoms with Crippen LogP contribution in [-0.2, 0) is 14.3 Å². The second-order valence-corrected chi connectivity index (χ2v) is 12.5. The van der Waals surface area contributed by atoms with Crippen molar-refractivity contribution in [2.24, 2.45) is 16.8 Å². The van der Waals surface area contributed by atoms with Crippen LogP contribution in [0.15, 0.2) is 53.5 Å². The van der Waals surface area contributed by atoms with Gasteiger partial charge < -0.3 is 14.8 Å². The van der Waals surface area contributed by atoms with Crippen molar-refractivity contribution in [3.05, 3.63) is 87.3 Å². The number of methoxy groups -OCH3 is 1. The van der Waals surface area contributed by atoms with E-state index in [2.05, 4.69) is 29.4 Å². The number of benzene rings is 2. The molecular weight excluding hydrogens is 562 g/mol. The van der Waals surface area contributed by atoms with Gasteiger partial charge in [-0.25, -0.2) is 0 Å². The van der Waals surface area contributed by atoms with Crippen LogP contribution in [0.1, 0.15) is 68.9 Å². The van der Waals surface area contributed by atoms with E-state index in [4.69, 9.17) is 9.73 Å². The largest absolute Gasteiger partial charge is 0.469 e. The Balaban J connectivity index is 1.27. The predicted molar refractivity (Wildman–Crippen MR) is 165 cm³/mol. The number of nitrogens with zero attached hydrogens (tertiary/aromatic N) is 4. The van der Waals surface area contributed by atoms with Gasteiger partial charge in [0.2, 0.25) is 0 Å². The molecule has 0 unspecified atom stereocenters. The number of esters is 1. The lowest BCUT2D eigenvalue weighted by atomic mass is 9.76. The molecular formula is C33H33N5O4S. The Morgan fingerprint density at radius 3 is 2.30 bits per heavy atom. The summed E-state index contributed by atoms with van der Waals surface area (Å²) in [5, 5.41) is 12.7. The van der Waals surface area contributed by atoms with E-state index >= 15 is 0 Å². The summed E-state index contributed by atoms with van der Waals surface area (Å²) >= 11 is 1.67. The molecule has 1 amide bonds. The highest BCUT2D eigenvalue weighted by atomic mass is 32.1. The lowest BCUT2D eigenvalue weighted by molar-refractivity contribution is -0.141. The van der Waals surface area contributed by atoms with Crippen molar-refractivity contribution in [2.45, 2.75) is 46.1 Å². The summed E-state index contributed by atoms with van der Waals surface area (Å²) < 4.78 is 7.00. The Morgan fingerprint density at radius 1 is 1.00 bits per heavy atom. The number of aliphatic imine (C=N–C) groups is 1. The monoisotopic (exact) mass is 595 g/mol. The molecule has 0 saturated heterocycles. The quantitative estimate of drug-likeness (QED) is 0.217. The Labute approximate surface area is 254 Å². The molecule has 1 saturated carbocycles. The van der Waals surface area contributed by atoms with Crippen molar-refractivity contribution in [3.63, 3.8) is 0 Å². The molecule has 4 aromatic rings. The molecule has 1 N–H and O–H groups in total. The molecule has 0 radical (unpaired) electrons. The van der Waals surface area contributed by atoms with Crippen LogP contribution < -0.4 is 5.32 Å². The minimum absolute atomic E-state index is 0.0586. The number of carbonyl (C=O) groups is 3. The van der Waals surface area contributed by atoms with Crippen LogP contribution in [0.2, 0.25) is 0 Å². The maximum atomic E-state index is 12.6. The van der Waals surface area contributed by atoms with Crippen molar-refractivity contribution in [2.75, 3.05) is 13.7 Å². The summed E-state index contributed by atoms with van der Waals surface area (Å²) in [7, 11) is 1.38. The van der Waals surface area contributed by atoms with Gasteiger partial charge in [-0.1, -0.05) is 36.4 Å². The lowest BCUT2D eigenvalue weighted by Gasteiger charge is -2.31. The normalized spacial score (nSPS) is 18.9. The second kappa shape index (κ2) is 11.7. The van der Waals surface area contributed by atoms with Gasteiger partial charge in [0.15, 0.2) is 5.82 Å². The van der Waals surface area contributed by atoms with E-state index in [0.717, 1.165) is 63.5 Å². The zero-order valence-electron chi connectivity index (χ0n) is 24.6. The van der Waals surface area contributed by atoms with E-state index in [-0.39, 0.29) is 24.2 Å². The number of aldehydes is 1.